The highest BCUT2D eigenvalue weighted by Gasteiger charge is 2.34. The average molecular weight is 435 g/mol. The number of benzene rings is 3. The first-order valence-corrected chi connectivity index (χ1v) is 10.6. The number of aryl methyl sites for hydroxylation is 1. The van der Waals surface area contributed by atoms with Crippen LogP contribution >= 0.6 is 23.4 Å². The molecule has 0 aliphatic carbocycles. The van der Waals surface area contributed by atoms with E-state index < -0.39 is 0 Å². The molecule has 1 heterocycles. The summed E-state index contributed by atoms with van der Waals surface area (Å²) in [5.41, 5.74) is 4.78. The van der Waals surface area contributed by atoms with Gasteiger partial charge < -0.3 is 5.32 Å². The first kappa shape index (κ1) is 20.3. The van der Waals surface area contributed by atoms with E-state index in [4.69, 9.17) is 11.6 Å². The average Bonchev–Trinajstić information content (AvgIpc) is 3.00. The molecule has 0 radical (unpaired) electrons. The zero-order valence-electron chi connectivity index (χ0n) is 16.3. The van der Waals surface area contributed by atoms with Gasteiger partial charge in [-0.3, -0.25) is 14.5 Å². The van der Waals surface area contributed by atoms with Gasteiger partial charge in [0.1, 0.15) is 0 Å². The van der Waals surface area contributed by atoms with Gasteiger partial charge in [0, 0.05) is 16.4 Å². The van der Waals surface area contributed by atoms with Gasteiger partial charge in [-0.1, -0.05) is 53.6 Å². The number of hydrogen-bond acceptors (Lipinski definition) is 4. The van der Waals surface area contributed by atoms with Crippen molar-refractivity contribution in [2.24, 2.45) is 0 Å². The van der Waals surface area contributed by atoms with Crippen LogP contribution in [0.15, 0.2) is 77.7 Å². The number of carbonyl (C=O) groups excluding carboxylic acids is 2. The van der Waals surface area contributed by atoms with Gasteiger partial charge >= 0.3 is 0 Å². The minimum atomic E-state index is -0.256. The summed E-state index contributed by atoms with van der Waals surface area (Å²) in [6.07, 6.45) is 1.76. The van der Waals surface area contributed by atoms with E-state index in [2.05, 4.69) is 5.32 Å². The summed E-state index contributed by atoms with van der Waals surface area (Å²) in [6.45, 7) is 2.29. The van der Waals surface area contributed by atoms with Crippen LogP contribution in [0.2, 0.25) is 5.02 Å². The van der Waals surface area contributed by atoms with Crippen LogP contribution in [-0.4, -0.2) is 16.0 Å². The normalized spacial score (nSPS) is 15.1. The summed E-state index contributed by atoms with van der Waals surface area (Å²) in [5, 5.41) is 3.74. The summed E-state index contributed by atoms with van der Waals surface area (Å²) in [7, 11) is 0. The summed E-state index contributed by atoms with van der Waals surface area (Å²) < 4.78 is 0. The third kappa shape index (κ3) is 4.75. The highest BCUT2D eigenvalue weighted by molar-refractivity contribution is 8.18. The third-order valence-corrected chi connectivity index (χ3v) is 5.84. The molecular weight excluding hydrogens is 416 g/mol. The Kier molecular flexibility index (Phi) is 5.93. The Morgan fingerprint density at radius 2 is 1.50 bits per heavy atom. The fourth-order valence-electron chi connectivity index (χ4n) is 3.03. The molecule has 3 aromatic carbocycles. The van der Waals surface area contributed by atoms with Crippen molar-refractivity contribution in [1.29, 1.82) is 0 Å². The molecule has 1 aliphatic heterocycles. The Morgan fingerprint density at radius 3 is 2.13 bits per heavy atom. The Morgan fingerprint density at radius 1 is 0.900 bits per heavy atom. The minimum Gasteiger partial charge on any atom is -0.356 e. The summed E-state index contributed by atoms with van der Waals surface area (Å²) in [6, 6.07) is 23.0. The number of carbonyl (C=O) groups is 2. The highest BCUT2D eigenvalue weighted by atomic mass is 35.5. The van der Waals surface area contributed by atoms with Crippen LogP contribution in [0.4, 0.5) is 16.2 Å². The molecule has 0 unspecified atom stereocenters. The predicted octanol–water partition coefficient (Wildman–Crippen LogP) is 6.63. The van der Waals surface area contributed by atoms with Crippen molar-refractivity contribution in [3.8, 4) is 0 Å². The topological polar surface area (TPSA) is 49.4 Å². The first-order chi connectivity index (χ1) is 14.5. The van der Waals surface area contributed by atoms with E-state index >= 15 is 0 Å². The van der Waals surface area contributed by atoms with Crippen molar-refractivity contribution in [2.75, 3.05) is 5.32 Å². The lowest BCUT2D eigenvalue weighted by Gasteiger charge is -2.12. The van der Waals surface area contributed by atoms with Gasteiger partial charge in [0.15, 0.2) is 0 Å². The fraction of sp³-hybridized carbons (Fsp3) is 0.0833. The Bertz CT molecular complexity index is 1110. The van der Waals surface area contributed by atoms with E-state index in [1.165, 1.54) is 4.90 Å². The molecule has 0 atom stereocenters. The molecule has 3 aromatic rings. The van der Waals surface area contributed by atoms with Gasteiger partial charge in [-0.15, -0.1) is 0 Å². The van der Waals surface area contributed by atoms with E-state index in [0.29, 0.717) is 9.93 Å². The quantitative estimate of drug-likeness (QED) is 0.458. The largest absolute Gasteiger partial charge is 0.356 e. The van der Waals surface area contributed by atoms with Crippen LogP contribution in [-0.2, 0) is 11.3 Å². The third-order valence-electron chi connectivity index (χ3n) is 4.68. The Hall–Kier alpha value is -3.02. The van der Waals surface area contributed by atoms with E-state index in [1.54, 1.807) is 6.08 Å². The Balaban J connectivity index is 1.45. The van der Waals surface area contributed by atoms with Crippen molar-refractivity contribution in [1.82, 2.24) is 4.90 Å². The van der Waals surface area contributed by atoms with Crippen LogP contribution < -0.4 is 5.32 Å². The molecule has 1 N–H and O–H groups in total. The van der Waals surface area contributed by atoms with Crippen molar-refractivity contribution >= 4 is 52.0 Å². The standard InChI is InChI=1S/C24H19ClN2O2S/c1-16-2-4-18(5-3-16)15-27-23(28)22(30-24(27)29)14-17-6-10-20(11-7-17)26-21-12-8-19(25)9-13-21/h2-14,26H,15H2,1H3/b22-14-. The lowest BCUT2D eigenvalue weighted by molar-refractivity contribution is -0.123. The maximum Gasteiger partial charge on any atom is 0.293 e. The van der Waals surface area contributed by atoms with Crippen molar-refractivity contribution in [3.63, 3.8) is 0 Å². The number of nitrogens with zero attached hydrogens (tertiary/aromatic N) is 1. The first-order valence-electron chi connectivity index (χ1n) is 9.41. The molecule has 1 saturated heterocycles. The highest BCUT2D eigenvalue weighted by Crippen LogP contribution is 2.33. The van der Waals surface area contributed by atoms with Crippen LogP contribution in [0, 0.1) is 6.92 Å². The molecule has 30 heavy (non-hydrogen) atoms. The second kappa shape index (κ2) is 8.78. The maximum atomic E-state index is 12.7. The lowest BCUT2D eigenvalue weighted by atomic mass is 10.1. The molecule has 0 spiro atoms. The predicted molar refractivity (Wildman–Crippen MR) is 124 cm³/mol. The van der Waals surface area contributed by atoms with E-state index in [9.17, 15) is 9.59 Å². The smallest absolute Gasteiger partial charge is 0.293 e. The van der Waals surface area contributed by atoms with Gasteiger partial charge in [0.25, 0.3) is 11.1 Å². The van der Waals surface area contributed by atoms with E-state index in [-0.39, 0.29) is 17.7 Å². The minimum absolute atomic E-state index is 0.243. The number of hydrogen-bond donors (Lipinski definition) is 1. The molecule has 4 rings (SSSR count). The SMILES string of the molecule is Cc1ccc(CN2C(=O)S/C(=C\c3ccc(Nc4ccc(Cl)cc4)cc3)C2=O)cc1. The van der Waals surface area contributed by atoms with Crippen LogP contribution in [0.3, 0.4) is 0 Å². The van der Waals surface area contributed by atoms with Crippen LogP contribution in [0.25, 0.3) is 6.08 Å². The van der Waals surface area contributed by atoms with E-state index in [0.717, 1.165) is 39.8 Å². The number of thioether (sulfide) groups is 1. The number of amides is 2. The summed E-state index contributed by atoms with van der Waals surface area (Å²) >= 11 is 6.89. The van der Waals surface area contributed by atoms with Crippen molar-refractivity contribution in [2.45, 2.75) is 13.5 Å². The van der Waals surface area contributed by atoms with Gasteiger partial charge in [0.2, 0.25) is 0 Å². The number of rotatable bonds is 5. The van der Waals surface area contributed by atoms with Gasteiger partial charge in [-0.2, -0.15) is 0 Å². The zero-order valence-corrected chi connectivity index (χ0v) is 17.8. The molecule has 2 amide bonds. The second-order valence-electron chi connectivity index (χ2n) is 7.01. The number of halogens is 1. The zero-order chi connectivity index (χ0) is 21.1. The fourth-order valence-corrected chi connectivity index (χ4v) is 3.99. The number of nitrogens with one attached hydrogen (secondary N) is 1. The van der Waals surface area contributed by atoms with Crippen LogP contribution in [0.1, 0.15) is 16.7 Å². The lowest BCUT2D eigenvalue weighted by Crippen LogP contribution is -2.27. The Labute approximate surface area is 184 Å². The molecule has 150 valence electrons. The van der Waals surface area contributed by atoms with E-state index in [1.807, 2.05) is 79.7 Å². The van der Waals surface area contributed by atoms with Crippen molar-refractivity contribution < 1.29 is 9.59 Å². The maximum absolute atomic E-state index is 12.7. The van der Waals surface area contributed by atoms with Gasteiger partial charge in [0.05, 0.1) is 11.4 Å². The molecule has 1 fully saturated rings. The summed E-state index contributed by atoms with van der Waals surface area (Å²) in [4.78, 5) is 26.8. The van der Waals surface area contributed by atoms with Crippen molar-refractivity contribution in [3.05, 3.63) is 99.4 Å². The number of imide groups is 1. The monoisotopic (exact) mass is 434 g/mol. The molecule has 4 nitrogen and oxygen atoms in total. The number of anilines is 2. The van der Waals surface area contributed by atoms with Gasteiger partial charge in [-0.05, 0) is 72.3 Å². The molecular formula is C24H19ClN2O2S. The second-order valence-corrected chi connectivity index (χ2v) is 8.44. The molecule has 0 saturated carbocycles. The van der Waals surface area contributed by atoms with Crippen LogP contribution in [0.5, 0.6) is 0 Å². The molecule has 1 aliphatic rings. The van der Waals surface area contributed by atoms with Gasteiger partial charge in [-0.25, -0.2) is 0 Å². The molecule has 0 bridgehead atoms. The molecule has 0 aromatic heterocycles. The summed E-state index contributed by atoms with van der Waals surface area (Å²) in [5.74, 6) is -0.256. The molecule has 6 heteroatoms.